The van der Waals surface area contributed by atoms with E-state index in [9.17, 15) is 14.7 Å². The van der Waals surface area contributed by atoms with Crippen LogP contribution in [0.2, 0.25) is 5.02 Å². The number of anilines is 1. The molecule has 0 saturated carbocycles. The molecular weight excluding hydrogens is 360 g/mol. The Kier molecular flexibility index (Phi) is 5.11. The van der Waals surface area contributed by atoms with Crippen molar-refractivity contribution in [2.75, 3.05) is 11.9 Å². The van der Waals surface area contributed by atoms with Gasteiger partial charge in [0.1, 0.15) is 6.04 Å². The van der Waals surface area contributed by atoms with Gasteiger partial charge < -0.3 is 15.3 Å². The maximum absolute atomic E-state index is 12.4. The first kappa shape index (κ1) is 16.1. The number of rotatable bonds is 4. The summed E-state index contributed by atoms with van der Waals surface area (Å²) in [4.78, 5) is 25.7. The highest BCUT2D eigenvalue weighted by molar-refractivity contribution is 9.10. The van der Waals surface area contributed by atoms with E-state index in [1.54, 1.807) is 4.90 Å². The summed E-state index contributed by atoms with van der Waals surface area (Å²) in [6.45, 7) is 2.44. The minimum atomic E-state index is -0.530. The van der Waals surface area contributed by atoms with Gasteiger partial charge in [0.25, 0.3) is 0 Å². The number of hydrogen-bond acceptors (Lipinski definition) is 3. The van der Waals surface area contributed by atoms with Gasteiger partial charge in [0.05, 0.1) is 10.2 Å². The van der Waals surface area contributed by atoms with Crippen molar-refractivity contribution in [2.24, 2.45) is 0 Å². The summed E-state index contributed by atoms with van der Waals surface area (Å²) in [5.41, 5.74) is 0.226. The van der Waals surface area contributed by atoms with Gasteiger partial charge >= 0.3 is 0 Å². The summed E-state index contributed by atoms with van der Waals surface area (Å²) >= 11 is 9.08. The Morgan fingerprint density at radius 2 is 2.29 bits per heavy atom. The fourth-order valence-electron chi connectivity index (χ4n) is 2.42. The van der Waals surface area contributed by atoms with Crippen LogP contribution in [0.1, 0.15) is 26.2 Å². The molecular formula is C14H16BrClN2O3. The predicted octanol–water partition coefficient (Wildman–Crippen LogP) is 3.15. The molecule has 1 saturated heterocycles. The van der Waals surface area contributed by atoms with E-state index in [4.69, 9.17) is 11.6 Å². The predicted molar refractivity (Wildman–Crippen MR) is 84.5 cm³/mol. The Morgan fingerprint density at radius 1 is 1.57 bits per heavy atom. The van der Waals surface area contributed by atoms with E-state index in [1.165, 1.54) is 12.1 Å². The summed E-state index contributed by atoms with van der Waals surface area (Å²) < 4.78 is 0.399. The van der Waals surface area contributed by atoms with Crippen LogP contribution in [0.5, 0.6) is 5.75 Å². The van der Waals surface area contributed by atoms with Crippen molar-refractivity contribution in [3.63, 3.8) is 0 Å². The minimum Gasteiger partial charge on any atom is -0.505 e. The third kappa shape index (κ3) is 3.49. The third-order valence-corrected chi connectivity index (χ3v) is 4.28. The van der Waals surface area contributed by atoms with Crippen LogP contribution >= 0.6 is 27.5 Å². The molecule has 2 N–H and O–H groups in total. The number of phenolic OH excluding ortho intramolecular Hbond substituents is 1. The van der Waals surface area contributed by atoms with Gasteiger partial charge in [-0.15, -0.1) is 0 Å². The van der Waals surface area contributed by atoms with Crippen LogP contribution in [-0.4, -0.2) is 34.4 Å². The number of hydrogen-bond donors (Lipinski definition) is 2. The average molecular weight is 376 g/mol. The number of halogens is 2. The largest absolute Gasteiger partial charge is 0.505 e. The zero-order valence-electron chi connectivity index (χ0n) is 11.5. The van der Waals surface area contributed by atoms with E-state index in [0.717, 1.165) is 6.42 Å². The van der Waals surface area contributed by atoms with Crippen molar-refractivity contribution in [2.45, 2.75) is 32.2 Å². The quantitative estimate of drug-likeness (QED) is 0.794. The molecule has 114 valence electrons. The number of benzene rings is 1. The van der Waals surface area contributed by atoms with E-state index in [2.05, 4.69) is 21.2 Å². The van der Waals surface area contributed by atoms with Gasteiger partial charge in [-0.1, -0.05) is 18.5 Å². The maximum atomic E-state index is 12.4. The molecule has 0 unspecified atom stereocenters. The first-order chi connectivity index (χ1) is 9.93. The Bertz CT molecular complexity index is 580. The summed E-state index contributed by atoms with van der Waals surface area (Å²) in [6, 6.07) is 2.48. The fraction of sp³-hybridized carbons (Fsp3) is 0.429. The first-order valence-corrected chi connectivity index (χ1v) is 7.89. The van der Waals surface area contributed by atoms with Gasteiger partial charge in [-0.3, -0.25) is 9.59 Å². The SMILES string of the molecule is CC[C@H](C(=O)Nc1cc(Cl)cc(Br)c1O)N1CCCC1=O. The van der Waals surface area contributed by atoms with E-state index >= 15 is 0 Å². The molecule has 2 amide bonds. The van der Waals surface area contributed by atoms with E-state index in [0.29, 0.717) is 28.9 Å². The smallest absolute Gasteiger partial charge is 0.247 e. The third-order valence-electron chi connectivity index (χ3n) is 3.46. The maximum Gasteiger partial charge on any atom is 0.247 e. The molecule has 0 spiro atoms. The lowest BCUT2D eigenvalue weighted by atomic mass is 10.1. The number of amides is 2. The molecule has 1 aliphatic heterocycles. The molecule has 0 bridgehead atoms. The number of carbonyl (C=O) groups is 2. The number of phenols is 1. The van der Waals surface area contributed by atoms with E-state index in [1.807, 2.05) is 6.92 Å². The van der Waals surface area contributed by atoms with Crippen molar-refractivity contribution in [3.05, 3.63) is 21.6 Å². The Labute approximate surface area is 136 Å². The van der Waals surface area contributed by atoms with Crippen LogP contribution in [-0.2, 0) is 9.59 Å². The topological polar surface area (TPSA) is 69.6 Å². The number of carbonyl (C=O) groups excluding carboxylic acids is 2. The van der Waals surface area contributed by atoms with Crippen LogP contribution in [0, 0.1) is 0 Å². The fourth-order valence-corrected chi connectivity index (χ4v) is 3.23. The molecule has 0 radical (unpaired) electrons. The second kappa shape index (κ2) is 6.66. The van der Waals surface area contributed by atoms with Crippen LogP contribution in [0.3, 0.4) is 0 Å². The molecule has 21 heavy (non-hydrogen) atoms. The molecule has 0 aliphatic carbocycles. The highest BCUT2D eigenvalue weighted by atomic mass is 79.9. The monoisotopic (exact) mass is 374 g/mol. The normalized spacial score (nSPS) is 16.1. The van der Waals surface area contributed by atoms with Crippen LogP contribution in [0.4, 0.5) is 5.69 Å². The first-order valence-electron chi connectivity index (χ1n) is 6.72. The van der Waals surface area contributed by atoms with Gasteiger partial charge in [-0.05, 0) is 40.9 Å². The minimum absolute atomic E-state index is 0.00602. The average Bonchev–Trinajstić information content (AvgIpc) is 2.83. The molecule has 1 aromatic carbocycles. The van der Waals surface area contributed by atoms with Crippen molar-refractivity contribution in [1.29, 1.82) is 0 Å². The summed E-state index contributed by atoms with van der Waals surface area (Å²) in [5, 5.41) is 13.0. The van der Waals surface area contributed by atoms with Crippen LogP contribution in [0.15, 0.2) is 16.6 Å². The van der Waals surface area contributed by atoms with Crippen molar-refractivity contribution >= 4 is 45.0 Å². The highest BCUT2D eigenvalue weighted by Gasteiger charge is 2.31. The molecule has 1 aromatic rings. The van der Waals surface area contributed by atoms with Gasteiger partial charge in [-0.25, -0.2) is 0 Å². The number of nitrogens with zero attached hydrogens (tertiary/aromatic N) is 1. The molecule has 1 atom stereocenters. The van der Waals surface area contributed by atoms with Gasteiger partial charge in [0.2, 0.25) is 11.8 Å². The van der Waals surface area contributed by atoms with Gasteiger partial charge in [0, 0.05) is 18.0 Å². The Morgan fingerprint density at radius 3 is 2.86 bits per heavy atom. The molecule has 1 heterocycles. The van der Waals surface area contributed by atoms with Crippen LogP contribution in [0.25, 0.3) is 0 Å². The molecule has 2 rings (SSSR count). The lowest BCUT2D eigenvalue weighted by Gasteiger charge is -2.26. The summed E-state index contributed by atoms with van der Waals surface area (Å²) in [7, 11) is 0. The standard InChI is InChI=1S/C14H16BrClN2O3/c1-2-11(18-5-3-4-12(18)19)14(21)17-10-7-8(16)6-9(15)13(10)20/h6-7,11,20H,2-5H2,1H3,(H,17,21)/t11-/m1/s1. The molecule has 7 heteroatoms. The number of nitrogens with one attached hydrogen (secondary N) is 1. The number of aromatic hydroxyl groups is 1. The van der Waals surface area contributed by atoms with E-state index in [-0.39, 0.29) is 23.3 Å². The second-order valence-electron chi connectivity index (χ2n) is 4.89. The highest BCUT2D eigenvalue weighted by Crippen LogP contribution is 2.35. The molecule has 1 fully saturated rings. The Hall–Kier alpha value is -1.27. The zero-order valence-corrected chi connectivity index (χ0v) is 13.9. The molecule has 1 aliphatic rings. The summed E-state index contributed by atoms with van der Waals surface area (Å²) in [6.07, 6.45) is 1.77. The van der Waals surface area contributed by atoms with Crippen molar-refractivity contribution in [1.82, 2.24) is 4.90 Å². The van der Waals surface area contributed by atoms with Crippen molar-refractivity contribution < 1.29 is 14.7 Å². The lowest BCUT2D eigenvalue weighted by Crippen LogP contribution is -2.44. The number of likely N-dealkylation sites (tertiary alicyclic amines) is 1. The Balaban J connectivity index is 2.18. The summed E-state index contributed by atoms with van der Waals surface area (Å²) in [5.74, 6) is -0.416. The van der Waals surface area contributed by atoms with Crippen molar-refractivity contribution in [3.8, 4) is 5.75 Å². The second-order valence-corrected chi connectivity index (χ2v) is 6.18. The lowest BCUT2D eigenvalue weighted by molar-refractivity contribution is -0.135. The van der Waals surface area contributed by atoms with Gasteiger partial charge in [0.15, 0.2) is 5.75 Å². The van der Waals surface area contributed by atoms with E-state index < -0.39 is 6.04 Å². The van der Waals surface area contributed by atoms with Crippen LogP contribution < -0.4 is 5.32 Å². The molecule has 0 aromatic heterocycles. The van der Waals surface area contributed by atoms with Gasteiger partial charge in [-0.2, -0.15) is 0 Å². The molecule has 5 nitrogen and oxygen atoms in total. The zero-order chi connectivity index (χ0) is 15.6.